The molecule has 1 aromatic heterocycles. The molecule has 4 aromatic rings. The van der Waals surface area contributed by atoms with Gasteiger partial charge in [0.1, 0.15) is 4.90 Å². The molecule has 1 amide bonds. The van der Waals surface area contributed by atoms with Crippen LogP contribution in [0.25, 0.3) is 17.1 Å². The van der Waals surface area contributed by atoms with Gasteiger partial charge >= 0.3 is 0 Å². The number of nitrogens with zero attached hydrogens (tertiary/aromatic N) is 4. The van der Waals surface area contributed by atoms with Gasteiger partial charge in [-0.3, -0.25) is 9.36 Å². The van der Waals surface area contributed by atoms with Gasteiger partial charge in [0.25, 0.3) is 15.9 Å². The Morgan fingerprint density at radius 3 is 2.19 bits per heavy atom. The summed E-state index contributed by atoms with van der Waals surface area (Å²) in [4.78, 5) is 12.7. The highest BCUT2D eigenvalue weighted by molar-refractivity contribution is 7.99. The molecule has 0 N–H and O–H groups in total. The summed E-state index contributed by atoms with van der Waals surface area (Å²) in [6.07, 6.45) is 0. The molecule has 9 heteroatoms. The fourth-order valence-electron chi connectivity index (χ4n) is 3.62. The number of hydrogen-bond donors (Lipinski definition) is 0. The highest BCUT2D eigenvalue weighted by Gasteiger charge is 2.40. The van der Waals surface area contributed by atoms with Gasteiger partial charge in [-0.05, 0) is 24.3 Å². The number of amides is 1. The number of thioether (sulfide) groups is 1. The lowest BCUT2D eigenvalue weighted by Crippen LogP contribution is -2.32. The van der Waals surface area contributed by atoms with E-state index < -0.39 is 15.9 Å². The summed E-state index contributed by atoms with van der Waals surface area (Å²) < 4.78 is 28.4. The second-order valence-electron chi connectivity index (χ2n) is 7.07. The van der Waals surface area contributed by atoms with E-state index in [9.17, 15) is 13.2 Å². The lowest BCUT2D eigenvalue weighted by molar-refractivity contribution is 0.0876. The van der Waals surface area contributed by atoms with E-state index in [1.165, 1.54) is 17.8 Å². The van der Waals surface area contributed by atoms with Gasteiger partial charge in [-0.15, -0.1) is 10.2 Å². The SMILES string of the molecule is O=C1c2ccccc2S(=O)(=O)N1CCSc1nnc(-c2ccccc2)n1-c1ccccc1. The van der Waals surface area contributed by atoms with Crippen molar-refractivity contribution in [3.8, 4) is 17.1 Å². The summed E-state index contributed by atoms with van der Waals surface area (Å²) >= 11 is 1.36. The van der Waals surface area contributed by atoms with Gasteiger partial charge in [-0.2, -0.15) is 0 Å². The number of sulfonamides is 1. The normalized spacial score (nSPS) is 14.5. The number of hydrogen-bond acceptors (Lipinski definition) is 6. The van der Waals surface area contributed by atoms with Crippen LogP contribution >= 0.6 is 11.8 Å². The third kappa shape index (κ3) is 3.49. The van der Waals surface area contributed by atoms with Gasteiger partial charge in [-0.1, -0.05) is 72.4 Å². The Morgan fingerprint density at radius 1 is 0.812 bits per heavy atom. The van der Waals surface area contributed by atoms with E-state index in [-0.39, 0.29) is 17.0 Å². The smallest absolute Gasteiger partial charge is 0.269 e. The minimum Gasteiger partial charge on any atom is -0.270 e. The zero-order valence-electron chi connectivity index (χ0n) is 16.8. The Labute approximate surface area is 189 Å². The summed E-state index contributed by atoms with van der Waals surface area (Å²) in [5.74, 6) is 0.547. The average molecular weight is 463 g/mol. The maximum absolute atomic E-state index is 12.8. The molecule has 0 spiro atoms. The molecule has 0 aliphatic carbocycles. The predicted octanol–water partition coefficient (Wildman–Crippen LogP) is 3.87. The summed E-state index contributed by atoms with van der Waals surface area (Å²) in [6.45, 7) is 0.0445. The van der Waals surface area contributed by atoms with Gasteiger partial charge in [0.15, 0.2) is 11.0 Å². The van der Waals surface area contributed by atoms with E-state index in [1.54, 1.807) is 18.2 Å². The van der Waals surface area contributed by atoms with Gasteiger partial charge < -0.3 is 0 Å². The number of fused-ring (bicyclic) bond motifs is 1. The van der Waals surface area contributed by atoms with Crippen LogP contribution in [0.4, 0.5) is 0 Å². The predicted molar refractivity (Wildman–Crippen MR) is 122 cm³/mol. The molecule has 0 saturated carbocycles. The van der Waals surface area contributed by atoms with Crippen molar-refractivity contribution in [2.24, 2.45) is 0 Å². The molecule has 0 radical (unpaired) electrons. The molecule has 0 bridgehead atoms. The van der Waals surface area contributed by atoms with E-state index in [1.807, 2.05) is 65.2 Å². The van der Waals surface area contributed by atoms with Gasteiger partial charge in [0, 0.05) is 23.5 Å². The lowest BCUT2D eigenvalue weighted by Gasteiger charge is -2.15. The Hall–Kier alpha value is -3.43. The largest absolute Gasteiger partial charge is 0.270 e. The molecule has 1 aliphatic rings. The molecule has 32 heavy (non-hydrogen) atoms. The fraction of sp³-hybridized carbons (Fsp3) is 0.0870. The first-order chi connectivity index (χ1) is 15.6. The Bertz CT molecular complexity index is 1390. The first-order valence-electron chi connectivity index (χ1n) is 9.92. The molecular formula is C23H18N4O3S2. The van der Waals surface area contributed by atoms with Crippen molar-refractivity contribution in [3.05, 3.63) is 90.5 Å². The highest BCUT2D eigenvalue weighted by Crippen LogP contribution is 2.32. The maximum atomic E-state index is 12.8. The van der Waals surface area contributed by atoms with Crippen LogP contribution in [-0.4, -0.2) is 45.7 Å². The van der Waals surface area contributed by atoms with Crippen LogP contribution in [0.1, 0.15) is 10.4 Å². The highest BCUT2D eigenvalue weighted by atomic mass is 32.2. The number of carbonyl (C=O) groups is 1. The van der Waals surface area contributed by atoms with Crippen LogP contribution in [0.5, 0.6) is 0 Å². The fourth-order valence-corrected chi connectivity index (χ4v) is 6.18. The molecular weight excluding hydrogens is 444 g/mol. The molecule has 160 valence electrons. The maximum Gasteiger partial charge on any atom is 0.269 e. The summed E-state index contributed by atoms with van der Waals surface area (Å²) in [5.41, 5.74) is 2.04. The van der Waals surface area contributed by atoms with E-state index in [4.69, 9.17) is 0 Å². The van der Waals surface area contributed by atoms with Crippen molar-refractivity contribution in [1.29, 1.82) is 0 Å². The lowest BCUT2D eigenvalue weighted by atomic mass is 10.2. The van der Waals surface area contributed by atoms with Crippen LogP contribution in [0, 0.1) is 0 Å². The molecule has 3 aromatic carbocycles. The molecule has 0 fully saturated rings. The zero-order chi connectivity index (χ0) is 22.1. The molecule has 1 aliphatic heterocycles. The first-order valence-corrected chi connectivity index (χ1v) is 12.3. The van der Waals surface area contributed by atoms with E-state index in [0.717, 1.165) is 15.6 Å². The quantitative estimate of drug-likeness (QED) is 0.405. The number of carbonyl (C=O) groups excluding carboxylic acids is 1. The second-order valence-corrected chi connectivity index (χ2v) is 9.96. The summed E-state index contributed by atoms with van der Waals surface area (Å²) in [7, 11) is -3.82. The molecule has 7 nitrogen and oxygen atoms in total. The molecule has 0 saturated heterocycles. The number of benzene rings is 3. The number of para-hydroxylation sites is 1. The van der Waals surface area contributed by atoms with E-state index in [0.29, 0.717) is 16.7 Å². The van der Waals surface area contributed by atoms with Gasteiger partial charge in [0.2, 0.25) is 0 Å². The van der Waals surface area contributed by atoms with Crippen LogP contribution in [0.2, 0.25) is 0 Å². The Balaban J connectivity index is 1.41. The number of aromatic nitrogens is 3. The van der Waals surface area contributed by atoms with Crippen molar-refractivity contribution in [1.82, 2.24) is 19.1 Å². The van der Waals surface area contributed by atoms with E-state index in [2.05, 4.69) is 10.2 Å². The van der Waals surface area contributed by atoms with Gasteiger partial charge in [-0.25, -0.2) is 12.7 Å². The Kier molecular flexibility index (Phi) is 5.28. The van der Waals surface area contributed by atoms with Crippen molar-refractivity contribution in [3.63, 3.8) is 0 Å². The van der Waals surface area contributed by atoms with Crippen molar-refractivity contribution < 1.29 is 13.2 Å². The van der Waals surface area contributed by atoms with Gasteiger partial charge in [0.05, 0.1) is 5.56 Å². The summed E-state index contributed by atoms with van der Waals surface area (Å²) in [5, 5.41) is 9.36. The standard InChI is InChI=1S/C23H18N4O3S2/c28-22-19-13-7-8-14-20(19)32(29,30)26(22)15-16-31-23-25-24-21(17-9-3-1-4-10-17)27(23)18-11-5-2-6-12-18/h1-14H,15-16H2. The monoisotopic (exact) mass is 462 g/mol. The minimum atomic E-state index is -3.82. The second kappa shape index (κ2) is 8.25. The van der Waals surface area contributed by atoms with E-state index >= 15 is 0 Å². The topological polar surface area (TPSA) is 85.2 Å². The van der Waals surface area contributed by atoms with Crippen LogP contribution in [0.15, 0.2) is 95.0 Å². The molecule has 2 heterocycles. The van der Waals surface area contributed by atoms with Crippen molar-refractivity contribution >= 4 is 27.7 Å². The van der Waals surface area contributed by atoms with Crippen LogP contribution in [-0.2, 0) is 10.0 Å². The van der Waals surface area contributed by atoms with Crippen LogP contribution in [0.3, 0.4) is 0 Å². The zero-order valence-corrected chi connectivity index (χ0v) is 18.5. The van der Waals surface area contributed by atoms with Crippen molar-refractivity contribution in [2.45, 2.75) is 10.1 Å². The third-order valence-electron chi connectivity index (χ3n) is 5.12. The molecule has 5 rings (SSSR count). The minimum absolute atomic E-state index is 0.0445. The Morgan fingerprint density at radius 2 is 1.47 bits per heavy atom. The third-order valence-corrected chi connectivity index (χ3v) is 7.87. The molecule has 0 unspecified atom stereocenters. The first kappa shape index (κ1) is 20.5. The summed E-state index contributed by atoms with van der Waals surface area (Å²) in [6, 6.07) is 25.8. The molecule has 0 atom stereocenters. The van der Waals surface area contributed by atoms with Crippen LogP contribution < -0.4 is 0 Å². The number of rotatable bonds is 6. The van der Waals surface area contributed by atoms with Crippen molar-refractivity contribution in [2.75, 3.05) is 12.3 Å². The average Bonchev–Trinajstić information content (AvgIpc) is 3.33.